The maximum absolute atomic E-state index is 13.1. The fraction of sp³-hybridized carbons (Fsp3) is 0.500. The Bertz CT molecular complexity index is 669. The number of imidazole rings is 1. The first kappa shape index (κ1) is 14.2. The summed E-state index contributed by atoms with van der Waals surface area (Å²) in [5.41, 5.74) is 2.02. The van der Waals surface area contributed by atoms with Crippen molar-refractivity contribution in [3.63, 3.8) is 0 Å². The van der Waals surface area contributed by atoms with Crippen LogP contribution in [0.3, 0.4) is 0 Å². The molecule has 1 saturated heterocycles. The number of nitrogens with zero attached hydrogens (tertiary/aromatic N) is 3. The number of nitrogens with one attached hydrogen (secondary N) is 1. The summed E-state index contributed by atoms with van der Waals surface area (Å²) in [5.74, 6) is 0. The summed E-state index contributed by atoms with van der Waals surface area (Å²) < 4.78 is 41.0. The molecule has 0 atom stereocenters. The molecule has 4 nitrogen and oxygen atoms in total. The minimum absolute atomic E-state index is 0.558. The summed E-state index contributed by atoms with van der Waals surface area (Å²) in [6.07, 6.45) is -3.22. The molecular weight excluding hydrogens is 281 g/mol. The van der Waals surface area contributed by atoms with Gasteiger partial charge in [-0.1, -0.05) is 0 Å². The van der Waals surface area contributed by atoms with Crippen molar-refractivity contribution in [2.24, 2.45) is 0 Å². The molecular formula is C14H17F3N4. The van der Waals surface area contributed by atoms with Gasteiger partial charge < -0.3 is 14.6 Å². The van der Waals surface area contributed by atoms with Crippen molar-refractivity contribution in [3.8, 4) is 0 Å². The van der Waals surface area contributed by atoms with E-state index in [1.165, 1.54) is 6.07 Å². The van der Waals surface area contributed by atoms with E-state index in [1.54, 1.807) is 11.3 Å². The third-order valence-electron chi connectivity index (χ3n) is 3.96. The van der Waals surface area contributed by atoms with Gasteiger partial charge >= 0.3 is 6.18 Å². The van der Waals surface area contributed by atoms with Gasteiger partial charge in [0.05, 0.1) is 16.9 Å². The van der Waals surface area contributed by atoms with E-state index >= 15 is 0 Å². The number of hydrogen-bond donors (Lipinski definition) is 1. The van der Waals surface area contributed by atoms with Crippen LogP contribution in [-0.2, 0) is 6.18 Å². The maximum Gasteiger partial charge on any atom is 0.417 e. The average molecular weight is 298 g/mol. The van der Waals surface area contributed by atoms with Crippen molar-refractivity contribution >= 4 is 11.3 Å². The number of alkyl halides is 3. The van der Waals surface area contributed by atoms with Crippen molar-refractivity contribution in [2.45, 2.75) is 20.0 Å². The monoisotopic (exact) mass is 298 g/mol. The van der Waals surface area contributed by atoms with Gasteiger partial charge in [-0.05, 0) is 19.9 Å². The van der Waals surface area contributed by atoms with Crippen LogP contribution in [0.15, 0.2) is 12.3 Å². The van der Waals surface area contributed by atoms with Gasteiger partial charge in [-0.25, -0.2) is 4.98 Å². The van der Waals surface area contributed by atoms with E-state index in [-0.39, 0.29) is 0 Å². The number of pyridine rings is 1. The standard InChI is InChI=1S/C14H17F3N4/c1-9-10(2)21-8-11(14(15,16)17)7-12(13(21)19-9)20-5-3-18-4-6-20/h7-8,18H,3-6H2,1-2H3. The molecule has 0 radical (unpaired) electrons. The molecule has 7 heteroatoms. The number of rotatable bonds is 1. The van der Waals surface area contributed by atoms with Gasteiger partial charge in [-0.3, -0.25) is 0 Å². The molecule has 0 aromatic carbocycles. The Kier molecular flexibility index (Phi) is 3.32. The first-order chi connectivity index (χ1) is 9.88. The average Bonchev–Trinajstić information content (AvgIpc) is 2.74. The van der Waals surface area contributed by atoms with E-state index in [1.807, 2.05) is 11.8 Å². The number of fused-ring (bicyclic) bond motifs is 1. The second-order valence-corrected chi connectivity index (χ2v) is 5.33. The highest BCUT2D eigenvalue weighted by Crippen LogP contribution is 2.34. The van der Waals surface area contributed by atoms with Gasteiger partial charge in [0.1, 0.15) is 0 Å². The SMILES string of the molecule is Cc1nc2c(N3CCNCC3)cc(C(F)(F)F)cn2c1C. The molecule has 0 unspecified atom stereocenters. The zero-order valence-corrected chi connectivity index (χ0v) is 12.0. The molecule has 21 heavy (non-hydrogen) atoms. The van der Waals surface area contributed by atoms with Crippen LogP contribution in [0.4, 0.5) is 18.9 Å². The molecule has 0 saturated carbocycles. The molecule has 3 rings (SSSR count). The summed E-state index contributed by atoms with van der Waals surface area (Å²) in [6.45, 7) is 6.50. The molecule has 0 bridgehead atoms. The summed E-state index contributed by atoms with van der Waals surface area (Å²) in [5, 5.41) is 3.20. The lowest BCUT2D eigenvalue weighted by molar-refractivity contribution is -0.137. The molecule has 1 aliphatic rings. The second-order valence-electron chi connectivity index (χ2n) is 5.33. The second kappa shape index (κ2) is 4.91. The van der Waals surface area contributed by atoms with E-state index in [2.05, 4.69) is 10.3 Å². The summed E-state index contributed by atoms with van der Waals surface area (Å²) in [7, 11) is 0. The number of piperazine rings is 1. The van der Waals surface area contributed by atoms with Crippen LogP contribution in [-0.4, -0.2) is 35.6 Å². The zero-order valence-electron chi connectivity index (χ0n) is 12.0. The highest BCUT2D eigenvalue weighted by Gasteiger charge is 2.33. The number of aromatic nitrogens is 2. The first-order valence-electron chi connectivity index (χ1n) is 6.90. The van der Waals surface area contributed by atoms with Crippen LogP contribution in [0.5, 0.6) is 0 Å². The van der Waals surface area contributed by atoms with E-state index < -0.39 is 11.7 Å². The Morgan fingerprint density at radius 2 is 1.86 bits per heavy atom. The summed E-state index contributed by atoms with van der Waals surface area (Å²) >= 11 is 0. The lowest BCUT2D eigenvalue weighted by atomic mass is 10.2. The van der Waals surface area contributed by atoms with Crippen LogP contribution >= 0.6 is 0 Å². The first-order valence-corrected chi connectivity index (χ1v) is 6.90. The predicted octanol–water partition coefficient (Wildman–Crippen LogP) is 2.38. The molecule has 0 amide bonds. The fourth-order valence-corrected chi connectivity index (χ4v) is 2.65. The largest absolute Gasteiger partial charge is 0.417 e. The van der Waals surface area contributed by atoms with Gasteiger partial charge in [-0.2, -0.15) is 13.2 Å². The van der Waals surface area contributed by atoms with Crippen LogP contribution in [0.25, 0.3) is 5.65 Å². The third-order valence-corrected chi connectivity index (χ3v) is 3.96. The van der Waals surface area contributed by atoms with Gasteiger partial charge in [0.25, 0.3) is 0 Å². The highest BCUT2D eigenvalue weighted by molar-refractivity contribution is 5.71. The molecule has 3 heterocycles. The molecule has 1 N–H and O–H groups in total. The van der Waals surface area contributed by atoms with E-state index in [0.717, 1.165) is 30.7 Å². The molecule has 2 aromatic rings. The van der Waals surface area contributed by atoms with Crippen molar-refractivity contribution in [1.29, 1.82) is 0 Å². The lowest BCUT2D eigenvalue weighted by Crippen LogP contribution is -2.43. The number of aryl methyl sites for hydroxylation is 2. The van der Waals surface area contributed by atoms with Crippen molar-refractivity contribution in [3.05, 3.63) is 29.2 Å². The van der Waals surface area contributed by atoms with Crippen LogP contribution in [0, 0.1) is 13.8 Å². The van der Waals surface area contributed by atoms with Crippen molar-refractivity contribution < 1.29 is 13.2 Å². The maximum atomic E-state index is 13.1. The number of hydrogen-bond acceptors (Lipinski definition) is 3. The smallest absolute Gasteiger partial charge is 0.366 e. The normalized spacial score (nSPS) is 16.7. The summed E-state index contributed by atoms with van der Waals surface area (Å²) in [6, 6.07) is 1.21. The number of halogens is 3. The lowest BCUT2D eigenvalue weighted by Gasteiger charge is -2.30. The minimum atomic E-state index is -4.36. The van der Waals surface area contributed by atoms with Crippen molar-refractivity contribution in [1.82, 2.24) is 14.7 Å². The third kappa shape index (κ3) is 2.46. The van der Waals surface area contributed by atoms with E-state index in [0.29, 0.717) is 24.4 Å². The van der Waals surface area contributed by atoms with Gasteiger partial charge in [0.15, 0.2) is 5.65 Å². The van der Waals surface area contributed by atoms with E-state index in [9.17, 15) is 13.2 Å². The zero-order chi connectivity index (χ0) is 15.2. The van der Waals surface area contributed by atoms with Gasteiger partial charge in [0.2, 0.25) is 0 Å². The van der Waals surface area contributed by atoms with Gasteiger partial charge in [-0.15, -0.1) is 0 Å². The molecule has 114 valence electrons. The van der Waals surface area contributed by atoms with Crippen LogP contribution < -0.4 is 10.2 Å². The van der Waals surface area contributed by atoms with Crippen molar-refractivity contribution in [2.75, 3.05) is 31.1 Å². The predicted molar refractivity (Wildman–Crippen MR) is 74.8 cm³/mol. The minimum Gasteiger partial charge on any atom is -0.366 e. The molecule has 0 aliphatic carbocycles. The topological polar surface area (TPSA) is 32.6 Å². The Hall–Kier alpha value is -1.76. The highest BCUT2D eigenvalue weighted by atomic mass is 19.4. The Morgan fingerprint density at radius 1 is 1.19 bits per heavy atom. The Morgan fingerprint density at radius 3 is 2.48 bits per heavy atom. The Labute approximate surface area is 120 Å². The van der Waals surface area contributed by atoms with Gasteiger partial charge in [0, 0.05) is 38.1 Å². The Balaban J connectivity index is 2.22. The summed E-state index contributed by atoms with van der Waals surface area (Å²) in [4.78, 5) is 6.41. The molecule has 1 fully saturated rings. The fourth-order valence-electron chi connectivity index (χ4n) is 2.65. The van der Waals surface area contributed by atoms with E-state index in [4.69, 9.17) is 0 Å². The quantitative estimate of drug-likeness (QED) is 0.877. The molecule has 2 aromatic heterocycles. The molecule has 1 aliphatic heterocycles. The number of anilines is 1. The van der Waals surface area contributed by atoms with Crippen LogP contribution in [0.2, 0.25) is 0 Å². The molecule has 0 spiro atoms. The van der Waals surface area contributed by atoms with Crippen LogP contribution in [0.1, 0.15) is 17.0 Å².